The van der Waals surface area contributed by atoms with Crippen LogP contribution < -0.4 is 5.32 Å². The van der Waals surface area contributed by atoms with Gasteiger partial charge >= 0.3 is 0 Å². The average Bonchev–Trinajstić information content (AvgIpc) is 2.82. The molecule has 1 saturated heterocycles. The summed E-state index contributed by atoms with van der Waals surface area (Å²) in [5, 5.41) is 3.54. The fourth-order valence-electron chi connectivity index (χ4n) is 2.47. The molecule has 1 fully saturated rings. The number of benzene rings is 1. The van der Waals surface area contributed by atoms with Gasteiger partial charge in [-0.15, -0.1) is 0 Å². The first-order valence-corrected chi connectivity index (χ1v) is 6.83. The lowest BCUT2D eigenvalue weighted by Gasteiger charge is -2.14. The molecule has 1 aromatic carbocycles. The molecule has 0 unspecified atom stereocenters. The van der Waals surface area contributed by atoms with Crippen molar-refractivity contribution in [2.75, 3.05) is 32.7 Å². The third-order valence-corrected chi connectivity index (χ3v) is 3.48. The molecule has 17 heavy (non-hydrogen) atoms. The summed E-state index contributed by atoms with van der Waals surface area (Å²) >= 11 is 0. The van der Waals surface area contributed by atoms with Crippen molar-refractivity contribution >= 4 is 0 Å². The molecule has 94 valence electrons. The molecule has 0 radical (unpaired) electrons. The molecule has 1 aromatic rings. The smallest absolute Gasteiger partial charge is 0.0107 e. The lowest BCUT2D eigenvalue weighted by molar-refractivity contribution is 0.336. The Labute approximate surface area is 105 Å². The second-order valence-corrected chi connectivity index (χ2v) is 5.04. The minimum atomic E-state index is 1.09. The zero-order valence-corrected chi connectivity index (χ0v) is 10.9. The zero-order valence-electron chi connectivity index (χ0n) is 10.9. The van der Waals surface area contributed by atoms with E-state index in [1.807, 2.05) is 0 Å². The number of hydrogen-bond donors (Lipinski definition) is 1. The van der Waals surface area contributed by atoms with Crippen LogP contribution in [-0.2, 0) is 6.42 Å². The van der Waals surface area contributed by atoms with E-state index < -0.39 is 0 Å². The minimum absolute atomic E-state index is 1.09. The molecule has 1 aliphatic heterocycles. The van der Waals surface area contributed by atoms with Crippen molar-refractivity contribution in [2.45, 2.75) is 26.2 Å². The molecule has 2 rings (SSSR count). The molecule has 2 heteroatoms. The van der Waals surface area contributed by atoms with Crippen molar-refractivity contribution in [2.24, 2.45) is 0 Å². The predicted octanol–water partition coefficient (Wildman–Crippen LogP) is 2.22. The minimum Gasteiger partial charge on any atom is -0.315 e. The molecule has 1 N–H and O–H groups in total. The summed E-state index contributed by atoms with van der Waals surface area (Å²) in [7, 11) is 0. The average molecular weight is 232 g/mol. The van der Waals surface area contributed by atoms with E-state index in [0.29, 0.717) is 0 Å². The Hall–Kier alpha value is -0.860. The van der Waals surface area contributed by atoms with Gasteiger partial charge in [0.2, 0.25) is 0 Å². The lowest BCUT2D eigenvalue weighted by atomic mass is 10.1. The van der Waals surface area contributed by atoms with Gasteiger partial charge in [0.05, 0.1) is 0 Å². The quantitative estimate of drug-likeness (QED) is 0.757. The van der Waals surface area contributed by atoms with Crippen LogP contribution in [-0.4, -0.2) is 37.6 Å². The zero-order chi connectivity index (χ0) is 11.9. The number of likely N-dealkylation sites (tertiary alicyclic amines) is 1. The van der Waals surface area contributed by atoms with E-state index in [1.165, 1.54) is 43.6 Å². The number of aryl methyl sites for hydroxylation is 1. The Balaban J connectivity index is 1.56. The Morgan fingerprint density at radius 1 is 1.18 bits per heavy atom. The summed E-state index contributed by atoms with van der Waals surface area (Å²) in [5.74, 6) is 0. The highest BCUT2D eigenvalue weighted by Crippen LogP contribution is 2.06. The van der Waals surface area contributed by atoms with Crippen LogP contribution in [0.25, 0.3) is 0 Å². The van der Waals surface area contributed by atoms with Crippen LogP contribution in [0.15, 0.2) is 24.3 Å². The molecule has 0 aromatic heterocycles. The SMILES string of the molecule is Cc1cccc(CCNCCN2CCCC2)c1. The maximum Gasteiger partial charge on any atom is 0.0107 e. The molecule has 0 saturated carbocycles. The topological polar surface area (TPSA) is 15.3 Å². The van der Waals surface area contributed by atoms with Gasteiger partial charge < -0.3 is 10.2 Å². The van der Waals surface area contributed by atoms with Crippen LogP contribution in [0, 0.1) is 6.92 Å². The summed E-state index contributed by atoms with van der Waals surface area (Å²) in [6.07, 6.45) is 3.92. The number of nitrogens with zero attached hydrogens (tertiary/aromatic N) is 1. The van der Waals surface area contributed by atoms with Crippen LogP contribution in [0.4, 0.5) is 0 Å². The van der Waals surface area contributed by atoms with Gasteiger partial charge in [0.25, 0.3) is 0 Å². The molecule has 2 nitrogen and oxygen atoms in total. The third kappa shape index (κ3) is 4.49. The molecular weight excluding hydrogens is 208 g/mol. The first-order chi connectivity index (χ1) is 8.34. The third-order valence-electron chi connectivity index (χ3n) is 3.48. The normalized spacial score (nSPS) is 16.5. The highest BCUT2D eigenvalue weighted by atomic mass is 15.1. The standard InChI is InChI=1S/C15H24N2/c1-14-5-4-6-15(13-14)7-8-16-9-12-17-10-2-3-11-17/h4-6,13,16H,2-3,7-12H2,1H3. The Morgan fingerprint density at radius 2 is 2.00 bits per heavy atom. The number of nitrogens with one attached hydrogen (secondary N) is 1. The molecular formula is C15H24N2. The number of rotatable bonds is 6. The lowest BCUT2D eigenvalue weighted by Crippen LogP contribution is -2.30. The van der Waals surface area contributed by atoms with Crippen molar-refractivity contribution in [3.63, 3.8) is 0 Å². The largest absolute Gasteiger partial charge is 0.315 e. The van der Waals surface area contributed by atoms with E-state index in [9.17, 15) is 0 Å². The highest BCUT2D eigenvalue weighted by Gasteiger charge is 2.09. The summed E-state index contributed by atoms with van der Waals surface area (Å²) in [6, 6.07) is 8.80. The van der Waals surface area contributed by atoms with E-state index in [4.69, 9.17) is 0 Å². The van der Waals surface area contributed by atoms with Crippen molar-refractivity contribution in [3.8, 4) is 0 Å². The molecule has 1 heterocycles. The van der Waals surface area contributed by atoms with Crippen molar-refractivity contribution in [3.05, 3.63) is 35.4 Å². The van der Waals surface area contributed by atoms with Gasteiger partial charge in [-0.3, -0.25) is 0 Å². The van der Waals surface area contributed by atoms with Gasteiger partial charge in [0.1, 0.15) is 0 Å². The summed E-state index contributed by atoms with van der Waals surface area (Å²) in [6.45, 7) is 8.21. The van der Waals surface area contributed by atoms with Crippen LogP contribution >= 0.6 is 0 Å². The predicted molar refractivity (Wildman–Crippen MR) is 73.4 cm³/mol. The van der Waals surface area contributed by atoms with E-state index in [-0.39, 0.29) is 0 Å². The van der Waals surface area contributed by atoms with Gasteiger partial charge in [-0.25, -0.2) is 0 Å². The van der Waals surface area contributed by atoms with E-state index in [1.54, 1.807) is 0 Å². The summed E-state index contributed by atoms with van der Waals surface area (Å²) in [4.78, 5) is 2.56. The van der Waals surface area contributed by atoms with Crippen LogP contribution in [0.3, 0.4) is 0 Å². The van der Waals surface area contributed by atoms with Gasteiger partial charge in [0.15, 0.2) is 0 Å². The molecule has 0 spiro atoms. The second kappa shape index (κ2) is 6.77. The Kier molecular flexibility index (Phi) is 5.02. The van der Waals surface area contributed by atoms with E-state index in [0.717, 1.165) is 19.5 Å². The van der Waals surface area contributed by atoms with Crippen molar-refractivity contribution < 1.29 is 0 Å². The van der Waals surface area contributed by atoms with E-state index in [2.05, 4.69) is 41.4 Å². The second-order valence-electron chi connectivity index (χ2n) is 5.04. The summed E-state index contributed by atoms with van der Waals surface area (Å²) in [5.41, 5.74) is 2.80. The van der Waals surface area contributed by atoms with Gasteiger partial charge in [-0.1, -0.05) is 29.8 Å². The van der Waals surface area contributed by atoms with Crippen molar-refractivity contribution in [1.82, 2.24) is 10.2 Å². The van der Waals surface area contributed by atoms with Crippen LogP contribution in [0.5, 0.6) is 0 Å². The van der Waals surface area contributed by atoms with Gasteiger partial charge in [-0.05, 0) is 51.4 Å². The Morgan fingerprint density at radius 3 is 2.76 bits per heavy atom. The monoisotopic (exact) mass is 232 g/mol. The summed E-state index contributed by atoms with van der Waals surface area (Å²) < 4.78 is 0. The highest BCUT2D eigenvalue weighted by molar-refractivity contribution is 5.22. The van der Waals surface area contributed by atoms with E-state index >= 15 is 0 Å². The number of hydrogen-bond acceptors (Lipinski definition) is 2. The maximum absolute atomic E-state index is 3.54. The van der Waals surface area contributed by atoms with Gasteiger partial charge in [0, 0.05) is 13.1 Å². The molecule has 0 amide bonds. The van der Waals surface area contributed by atoms with Gasteiger partial charge in [-0.2, -0.15) is 0 Å². The molecule has 0 bridgehead atoms. The fraction of sp³-hybridized carbons (Fsp3) is 0.600. The van der Waals surface area contributed by atoms with Crippen LogP contribution in [0.1, 0.15) is 24.0 Å². The molecule has 0 aliphatic carbocycles. The maximum atomic E-state index is 3.54. The fourth-order valence-corrected chi connectivity index (χ4v) is 2.47. The molecule has 1 aliphatic rings. The first-order valence-electron chi connectivity index (χ1n) is 6.83. The molecule has 0 atom stereocenters. The van der Waals surface area contributed by atoms with Crippen LogP contribution in [0.2, 0.25) is 0 Å². The Bertz CT molecular complexity index is 329. The first kappa shape index (κ1) is 12.6. The van der Waals surface area contributed by atoms with Crippen molar-refractivity contribution in [1.29, 1.82) is 0 Å².